The van der Waals surface area contributed by atoms with Crippen molar-refractivity contribution in [3.05, 3.63) is 29.3 Å². The van der Waals surface area contributed by atoms with Crippen LogP contribution in [0.2, 0.25) is 0 Å². The standard InChI is InChI=1S/C20H30N2O3/c1-15-14-16(9-13-25-15)6-10-21-20(23)22-11-7-17-4-3-5-19(24-2)18(17)8-12-22/h3-5,15-16H,6-14H2,1-2H3,(H,21,23)/t15-,16+/m1/s1. The van der Waals surface area contributed by atoms with E-state index in [1.165, 1.54) is 11.1 Å². The Labute approximate surface area is 150 Å². The van der Waals surface area contributed by atoms with Gasteiger partial charge in [-0.05, 0) is 62.1 Å². The molecule has 25 heavy (non-hydrogen) atoms. The SMILES string of the molecule is COc1cccc2c1CCN(C(=O)NCC[C@H]1CCO[C@H](C)C1)CC2. The highest BCUT2D eigenvalue weighted by Gasteiger charge is 2.22. The summed E-state index contributed by atoms with van der Waals surface area (Å²) in [5.41, 5.74) is 2.54. The van der Waals surface area contributed by atoms with Gasteiger partial charge in [-0.15, -0.1) is 0 Å². The van der Waals surface area contributed by atoms with Crippen LogP contribution in [0, 0.1) is 5.92 Å². The molecule has 5 heteroatoms. The Morgan fingerprint density at radius 3 is 3.00 bits per heavy atom. The summed E-state index contributed by atoms with van der Waals surface area (Å²) < 4.78 is 11.1. The number of hydrogen-bond donors (Lipinski definition) is 1. The summed E-state index contributed by atoms with van der Waals surface area (Å²) in [4.78, 5) is 14.5. The van der Waals surface area contributed by atoms with Crippen molar-refractivity contribution < 1.29 is 14.3 Å². The molecular weight excluding hydrogens is 316 g/mol. The van der Waals surface area contributed by atoms with Crippen molar-refractivity contribution in [1.82, 2.24) is 10.2 Å². The lowest BCUT2D eigenvalue weighted by Crippen LogP contribution is -2.42. The van der Waals surface area contributed by atoms with Crippen LogP contribution in [0.15, 0.2) is 18.2 Å². The van der Waals surface area contributed by atoms with E-state index in [0.29, 0.717) is 12.0 Å². The van der Waals surface area contributed by atoms with E-state index in [0.717, 1.165) is 64.1 Å². The number of methoxy groups -OCH3 is 1. The highest BCUT2D eigenvalue weighted by atomic mass is 16.5. The third kappa shape index (κ3) is 4.66. The summed E-state index contributed by atoms with van der Waals surface area (Å²) in [6.45, 7) is 5.25. The number of urea groups is 1. The van der Waals surface area contributed by atoms with E-state index < -0.39 is 0 Å². The molecule has 3 rings (SSSR count). The zero-order valence-corrected chi connectivity index (χ0v) is 15.4. The van der Waals surface area contributed by atoms with Gasteiger partial charge >= 0.3 is 6.03 Å². The second-order valence-corrected chi connectivity index (χ2v) is 7.18. The summed E-state index contributed by atoms with van der Waals surface area (Å²) in [5, 5.41) is 3.11. The van der Waals surface area contributed by atoms with E-state index in [9.17, 15) is 4.79 Å². The number of hydrogen-bond acceptors (Lipinski definition) is 3. The molecule has 2 aliphatic heterocycles. The molecule has 1 saturated heterocycles. The summed E-state index contributed by atoms with van der Waals surface area (Å²) in [6.07, 6.45) is 5.35. The quantitative estimate of drug-likeness (QED) is 0.912. The molecule has 1 aromatic carbocycles. The molecule has 5 nitrogen and oxygen atoms in total. The van der Waals surface area contributed by atoms with Crippen LogP contribution in [0.5, 0.6) is 5.75 Å². The lowest BCUT2D eigenvalue weighted by atomic mass is 9.93. The monoisotopic (exact) mass is 346 g/mol. The van der Waals surface area contributed by atoms with Crippen molar-refractivity contribution in [2.24, 2.45) is 5.92 Å². The molecule has 0 radical (unpaired) electrons. The van der Waals surface area contributed by atoms with Crippen molar-refractivity contribution in [3.8, 4) is 5.75 Å². The fraction of sp³-hybridized carbons (Fsp3) is 0.650. The van der Waals surface area contributed by atoms with E-state index in [-0.39, 0.29) is 6.03 Å². The predicted molar refractivity (Wildman–Crippen MR) is 98.1 cm³/mol. The summed E-state index contributed by atoms with van der Waals surface area (Å²) in [6, 6.07) is 6.24. The average molecular weight is 346 g/mol. The molecule has 0 saturated carbocycles. The smallest absolute Gasteiger partial charge is 0.317 e. The lowest BCUT2D eigenvalue weighted by Gasteiger charge is -2.27. The fourth-order valence-corrected chi connectivity index (χ4v) is 3.99. The number of rotatable bonds is 4. The van der Waals surface area contributed by atoms with Gasteiger partial charge < -0.3 is 19.7 Å². The summed E-state index contributed by atoms with van der Waals surface area (Å²) in [5.74, 6) is 1.61. The maximum atomic E-state index is 12.5. The zero-order valence-electron chi connectivity index (χ0n) is 15.4. The van der Waals surface area contributed by atoms with Crippen molar-refractivity contribution >= 4 is 6.03 Å². The van der Waals surface area contributed by atoms with Crippen LogP contribution in [0.1, 0.15) is 37.3 Å². The number of fused-ring (bicyclic) bond motifs is 1. The van der Waals surface area contributed by atoms with Crippen molar-refractivity contribution in [2.45, 2.75) is 45.1 Å². The lowest BCUT2D eigenvalue weighted by molar-refractivity contribution is 0.00112. The topological polar surface area (TPSA) is 50.8 Å². The van der Waals surface area contributed by atoms with E-state index in [1.54, 1.807) is 7.11 Å². The first-order valence-corrected chi connectivity index (χ1v) is 9.46. The molecule has 1 fully saturated rings. The second-order valence-electron chi connectivity index (χ2n) is 7.18. The molecule has 0 bridgehead atoms. The predicted octanol–water partition coefficient (Wildman–Crippen LogP) is 3.01. The van der Waals surface area contributed by atoms with Crippen molar-refractivity contribution in [2.75, 3.05) is 33.4 Å². The van der Waals surface area contributed by atoms with E-state index in [4.69, 9.17) is 9.47 Å². The molecule has 2 amide bonds. The van der Waals surface area contributed by atoms with Gasteiger partial charge in [-0.2, -0.15) is 0 Å². The maximum Gasteiger partial charge on any atom is 0.317 e. The molecule has 1 N–H and O–H groups in total. The minimum absolute atomic E-state index is 0.0619. The van der Waals surface area contributed by atoms with Crippen LogP contribution in [0.3, 0.4) is 0 Å². The highest BCUT2D eigenvalue weighted by molar-refractivity contribution is 5.74. The van der Waals surface area contributed by atoms with Gasteiger partial charge in [0.15, 0.2) is 0 Å². The Morgan fingerprint density at radius 2 is 2.20 bits per heavy atom. The molecule has 0 spiro atoms. The normalized spacial score (nSPS) is 23.5. The number of benzene rings is 1. The zero-order chi connectivity index (χ0) is 17.6. The molecule has 0 unspecified atom stereocenters. The average Bonchev–Trinajstić information content (AvgIpc) is 2.84. The first-order valence-electron chi connectivity index (χ1n) is 9.46. The van der Waals surface area contributed by atoms with Crippen LogP contribution in [0.4, 0.5) is 4.79 Å². The molecule has 1 aromatic rings. The maximum absolute atomic E-state index is 12.5. The number of nitrogens with one attached hydrogen (secondary N) is 1. The van der Waals surface area contributed by atoms with Crippen LogP contribution in [-0.4, -0.2) is 50.4 Å². The molecular formula is C20H30N2O3. The summed E-state index contributed by atoms with van der Waals surface area (Å²) in [7, 11) is 1.71. The van der Waals surface area contributed by atoms with Crippen LogP contribution in [0.25, 0.3) is 0 Å². The summed E-state index contributed by atoms with van der Waals surface area (Å²) >= 11 is 0. The van der Waals surface area contributed by atoms with Crippen LogP contribution >= 0.6 is 0 Å². The molecule has 2 heterocycles. The minimum Gasteiger partial charge on any atom is -0.496 e. The van der Waals surface area contributed by atoms with Gasteiger partial charge in [0.05, 0.1) is 13.2 Å². The first-order chi connectivity index (χ1) is 12.2. The second kappa shape index (κ2) is 8.56. The van der Waals surface area contributed by atoms with Gasteiger partial charge in [-0.1, -0.05) is 12.1 Å². The molecule has 0 aliphatic carbocycles. The van der Waals surface area contributed by atoms with E-state index >= 15 is 0 Å². The van der Waals surface area contributed by atoms with Gasteiger partial charge in [0.1, 0.15) is 5.75 Å². The Kier molecular flexibility index (Phi) is 6.19. The fourth-order valence-electron chi connectivity index (χ4n) is 3.99. The van der Waals surface area contributed by atoms with Crippen molar-refractivity contribution in [3.63, 3.8) is 0 Å². The van der Waals surface area contributed by atoms with Gasteiger partial charge in [0.2, 0.25) is 0 Å². The number of amides is 2. The van der Waals surface area contributed by atoms with Gasteiger partial charge in [0.25, 0.3) is 0 Å². The van der Waals surface area contributed by atoms with E-state index in [2.05, 4.69) is 18.3 Å². The van der Waals surface area contributed by atoms with Crippen LogP contribution < -0.4 is 10.1 Å². The Balaban J connectivity index is 1.47. The van der Waals surface area contributed by atoms with Gasteiger partial charge in [-0.3, -0.25) is 0 Å². The van der Waals surface area contributed by atoms with Gasteiger partial charge in [-0.25, -0.2) is 4.79 Å². The van der Waals surface area contributed by atoms with Crippen molar-refractivity contribution in [1.29, 1.82) is 0 Å². The number of ether oxygens (including phenoxy) is 2. The molecule has 138 valence electrons. The number of carbonyl (C=O) groups is 1. The number of carbonyl (C=O) groups excluding carboxylic acids is 1. The largest absolute Gasteiger partial charge is 0.496 e. The Hall–Kier alpha value is -1.75. The van der Waals surface area contributed by atoms with Crippen LogP contribution in [-0.2, 0) is 17.6 Å². The molecule has 0 aromatic heterocycles. The molecule has 2 aliphatic rings. The Bertz CT molecular complexity index is 590. The molecule has 2 atom stereocenters. The van der Waals surface area contributed by atoms with E-state index in [1.807, 2.05) is 17.0 Å². The minimum atomic E-state index is 0.0619. The third-order valence-corrected chi connectivity index (χ3v) is 5.44. The first kappa shape index (κ1) is 18.1. The Morgan fingerprint density at radius 1 is 1.36 bits per heavy atom. The number of nitrogens with zero attached hydrogens (tertiary/aromatic N) is 1. The van der Waals surface area contributed by atoms with Gasteiger partial charge in [0, 0.05) is 26.2 Å². The third-order valence-electron chi connectivity index (χ3n) is 5.44. The highest BCUT2D eigenvalue weighted by Crippen LogP contribution is 2.26.